The Labute approximate surface area is 118 Å². The number of rotatable bonds is 6. The molecule has 0 N–H and O–H groups in total. The molecule has 0 saturated heterocycles. The SMILES string of the molecule is CCCCCC#CC(C)=C=CCCc1ccccc1. The second kappa shape index (κ2) is 10.2. The molecule has 0 heteroatoms. The maximum Gasteiger partial charge on any atom is 0.0403 e. The first-order valence-electron chi connectivity index (χ1n) is 7.27. The number of aryl methyl sites for hydroxylation is 1. The van der Waals surface area contributed by atoms with Gasteiger partial charge in [0.2, 0.25) is 0 Å². The molecule has 0 bridgehead atoms. The molecule has 0 saturated carbocycles. The fourth-order valence-electron chi connectivity index (χ4n) is 1.80. The van der Waals surface area contributed by atoms with E-state index in [0.29, 0.717) is 0 Å². The van der Waals surface area contributed by atoms with E-state index in [1.165, 1.54) is 24.8 Å². The normalized spacial score (nSPS) is 9.16. The molecular formula is C19H24. The summed E-state index contributed by atoms with van der Waals surface area (Å²) in [4.78, 5) is 0. The maximum atomic E-state index is 3.26. The molecule has 0 radical (unpaired) electrons. The summed E-state index contributed by atoms with van der Waals surface area (Å²) in [5, 5.41) is 0. The minimum atomic E-state index is 1.01. The highest BCUT2D eigenvalue weighted by Crippen LogP contribution is 2.02. The molecule has 1 rings (SSSR count). The van der Waals surface area contributed by atoms with Crippen molar-refractivity contribution in [3.63, 3.8) is 0 Å². The fourth-order valence-corrected chi connectivity index (χ4v) is 1.80. The van der Waals surface area contributed by atoms with Gasteiger partial charge in [0, 0.05) is 12.0 Å². The molecule has 0 heterocycles. The summed E-state index contributed by atoms with van der Waals surface area (Å²) in [5.74, 6) is 6.37. The number of allylic oxidation sites excluding steroid dienone is 1. The van der Waals surface area contributed by atoms with Gasteiger partial charge in [-0.15, -0.1) is 5.73 Å². The lowest BCUT2D eigenvalue weighted by Gasteiger charge is -1.95. The molecular weight excluding hydrogens is 228 g/mol. The van der Waals surface area contributed by atoms with E-state index >= 15 is 0 Å². The van der Waals surface area contributed by atoms with Gasteiger partial charge in [-0.05, 0) is 37.8 Å². The van der Waals surface area contributed by atoms with Crippen LogP contribution in [-0.4, -0.2) is 0 Å². The molecule has 0 nitrogen and oxygen atoms in total. The smallest absolute Gasteiger partial charge is 0.0403 e. The van der Waals surface area contributed by atoms with Crippen LogP contribution in [0.15, 0.2) is 47.7 Å². The van der Waals surface area contributed by atoms with Crippen LogP contribution in [0.5, 0.6) is 0 Å². The van der Waals surface area contributed by atoms with Gasteiger partial charge >= 0.3 is 0 Å². The van der Waals surface area contributed by atoms with Crippen LogP contribution in [0.3, 0.4) is 0 Å². The van der Waals surface area contributed by atoms with Crippen molar-refractivity contribution in [1.29, 1.82) is 0 Å². The molecule has 0 spiro atoms. The zero-order valence-electron chi connectivity index (χ0n) is 12.2. The van der Waals surface area contributed by atoms with Gasteiger partial charge in [-0.3, -0.25) is 0 Å². The largest absolute Gasteiger partial charge is 0.113 e. The zero-order valence-corrected chi connectivity index (χ0v) is 12.2. The van der Waals surface area contributed by atoms with Gasteiger partial charge in [-0.1, -0.05) is 61.9 Å². The zero-order chi connectivity index (χ0) is 13.8. The summed E-state index contributed by atoms with van der Waals surface area (Å²) in [7, 11) is 0. The molecule has 0 amide bonds. The van der Waals surface area contributed by atoms with Crippen LogP contribution in [0.1, 0.15) is 51.5 Å². The Morgan fingerprint density at radius 1 is 1.16 bits per heavy atom. The highest BCUT2D eigenvalue weighted by atomic mass is 13.9. The number of hydrogen-bond donors (Lipinski definition) is 0. The third-order valence-electron chi connectivity index (χ3n) is 2.92. The Morgan fingerprint density at radius 3 is 2.68 bits per heavy atom. The Balaban J connectivity index is 2.31. The lowest BCUT2D eigenvalue weighted by Crippen LogP contribution is -1.80. The first-order chi connectivity index (χ1) is 9.33. The van der Waals surface area contributed by atoms with Crippen molar-refractivity contribution in [3.8, 4) is 11.8 Å². The van der Waals surface area contributed by atoms with Crippen LogP contribution in [0.4, 0.5) is 0 Å². The summed E-state index contributed by atoms with van der Waals surface area (Å²) >= 11 is 0. The molecule has 100 valence electrons. The summed E-state index contributed by atoms with van der Waals surface area (Å²) < 4.78 is 0. The van der Waals surface area contributed by atoms with E-state index in [1.54, 1.807) is 0 Å². The molecule has 0 aliphatic carbocycles. The third kappa shape index (κ3) is 8.09. The van der Waals surface area contributed by atoms with Crippen molar-refractivity contribution in [2.45, 2.75) is 52.4 Å². The predicted octanol–water partition coefficient (Wildman–Crippen LogP) is 5.30. The highest BCUT2D eigenvalue weighted by Gasteiger charge is 1.87. The van der Waals surface area contributed by atoms with E-state index < -0.39 is 0 Å². The van der Waals surface area contributed by atoms with Crippen molar-refractivity contribution in [3.05, 3.63) is 53.3 Å². The molecule has 1 aromatic rings. The predicted molar refractivity (Wildman–Crippen MR) is 84.0 cm³/mol. The van der Waals surface area contributed by atoms with E-state index in [1.807, 2.05) is 6.92 Å². The number of benzene rings is 1. The van der Waals surface area contributed by atoms with Crippen molar-refractivity contribution in [2.24, 2.45) is 0 Å². The van der Waals surface area contributed by atoms with E-state index in [-0.39, 0.29) is 0 Å². The topological polar surface area (TPSA) is 0 Å². The Kier molecular flexibility index (Phi) is 8.28. The van der Waals surface area contributed by atoms with Gasteiger partial charge in [0.25, 0.3) is 0 Å². The Hall–Kier alpha value is -1.70. The molecule has 0 aromatic heterocycles. The first kappa shape index (κ1) is 15.4. The third-order valence-corrected chi connectivity index (χ3v) is 2.92. The molecule has 0 aliphatic rings. The molecule has 0 unspecified atom stereocenters. The first-order valence-corrected chi connectivity index (χ1v) is 7.27. The van der Waals surface area contributed by atoms with E-state index in [2.05, 4.69) is 60.9 Å². The van der Waals surface area contributed by atoms with Gasteiger partial charge in [0.05, 0.1) is 0 Å². The van der Waals surface area contributed by atoms with Gasteiger partial charge in [0.1, 0.15) is 0 Å². The second-order valence-corrected chi connectivity index (χ2v) is 4.76. The lowest BCUT2D eigenvalue weighted by atomic mass is 10.1. The minimum Gasteiger partial charge on any atom is -0.113 e. The molecule has 0 fully saturated rings. The number of unbranched alkanes of at least 4 members (excludes halogenated alkanes) is 3. The van der Waals surface area contributed by atoms with Crippen LogP contribution in [0, 0.1) is 11.8 Å². The molecule has 1 aromatic carbocycles. The number of hydrogen-bond acceptors (Lipinski definition) is 0. The summed E-state index contributed by atoms with van der Waals surface area (Å²) in [6.45, 7) is 4.25. The van der Waals surface area contributed by atoms with Crippen molar-refractivity contribution >= 4 is 0 Å². The van der Waals surface area contributed by atoms with Crippen molar-refractivity contribution < 1.29 is 0 Å². The molecule has 0 aliphatic heterocycles. The quantitative estimate of drug-likeness (QED) is 0.366. The average molecular weight is 252 g/mol. The van der Waals surface area contributed by atoms with E-state index in [4.69, 9.17) is 0 Å². The van der Waals surface area contributed by atoms with Gasteiger partial charge in [0.15, 0.2) is 0 Å². The fraction of sp³-hybridized carbons (Fsp3) is 0.421. The van der Waals surface area contributed by atoms with Gasteiger partial charge in [-0.25, -0.2) is 0 Å². The van der Waals surface area contributed by atoms with Crippen LogP contribution in [0.2, 0.25) is 0 Å². The Morgan fingerprint density at radius 2 is 1.95 bits per heavy atom. The van der Waals surface area contributed by atoms with E-state index in [9.17, 15) is 0 Å². The monoisotopic (exact) mass is 252 g/mol. The van der Waals surface area contributed by atoms with Crippen LogP contribution in [-0.2, 0) is 6.42 Å². The van der Waals surface area contributed by atoms with Crippen LogP contribution in [0.25, 0.3) is 0 Å². The Bertz CT molecular complexity index is 462. The van der Waals surface area contributed by atoms with Gasteiger partial charge < -0.3 is 0 Å². The highest BCUT2D eigenvalue weighted by molar-refractivity contribution is 5.25. The van der Waals surface area contributed by atoms with Crippen molar-refractivity contribution in [2.75, 3.05) is 0 Å². The minimum absolute atomic E-state index is 1.01. The summed E-state index contributed by atoms with van der Waals surface area (Å²) in [5.41, 5.74) is 5.69. The van der Waals surface area contributed by atoms with E-state index in [0.717, 1.165) is 24.8 Å². The standard InChI is InChI=1S/C19H24/c1-3-4-5-6-8-13-18(2)14-11-12-17-19-15-9-7-10-16-19/h7,9-11,15-16H,3-6,12,17H2,1-2H3. The molecule has 19 heavy (non-hydrogen) atoms. The summed E-state index contributed by atoms with van der Waals surface area (Å²) in [6, 6.07) is 10.6. The lowest BCUT2D eigenvalue weighted by molar-refractivity contribution is 0.737. The maximum absolute atomic E-state index is 3.26. The average Bonchev–Trinajstić information content (AvgIpc) is 2.44. The second-order valence-electron chi connectivity index (χ2n) is 4.76. The van der Waals surface area contributed by atoms with Crippen LogP contribution >= 0.6 is 0 Å². The van der Waals surface area contributed by atoms with Crippen LogP contribution < -0.4 is 0 Å². The van der Waals surface area contributed by atoms with Crippen molar-refractivity contribution in [1.82, 2.24) is 0 Å². The summed E-state index contributed by atoms with van der Waals surface area (Å²) in [6.07, 6.45) is 8.97. The van der Waals surface area contributed by atoms with Gasteiger partial charge in [-0.2, -0.15) is 0 Å². The molecule has 0 atom stereocenters.